The summed E-state index contributed by atoms with van der Waals surface area (Å²) in [5, 5.41) is 3.48. The molecule has 28 heavy (non-hydrogen) atoms. The lowest BCUT2D eigenvalue weighted by Gasteiger charge is -2.27. The van der Waals surface area contributed by atoms with Crippen molar-refractivity contribution in [2.45, 2.75) is 19.8 Å². The van der Waals surface area contributed by atoms with Crippen LogP contribution in [0.5, 0.6) is 0 Å². The third-order valence-electron chi connectivity index (χ3n) is 5.04. The summed E-state index contributed by atoms with van der Waals surface area (Å²) in [5.74, 6) is 1.41. The van der Waals surface area contributed by atoms with E-state index < -0.39 is 0 Å². The molecule has 2 fully saturated rings. The van der Waals surface area contributed by atoms with E-state index in [1.807, 2.05) is 6.92 Å². The number of ether oxygens (including phenoxy) is 2. The smallest absolute Gasteiger partial charge is 0.243 e. The molecule has 164 valence electrons. The predicted molar refractivity (Wildman–Crippen MR) is 122 cm³/mol. The summed E-state index contributed by atoms with van der Waals surface area (Å²) in [6.07, 6.45) is 2.16. The first kappa shape index (κ1) is 25.4. The van der Waals surface area contributed by atoms with Crippen LogP contribution in [0.25, 0.3) is 0 Å². The zero-order chi connectivity index (χ0) is 19.5. The summed E-state index contributed by atoms with van der Waals surface area (Å²) in [5.41, 5.74) is 0. The van der Waals surface area contributed by atoms with Gasteiger partial charge in [-0.05, 0) is 26.3 Å². The number of morpholine rings is 1. The first-order chi connectivity index (χ1) is 13.1. The number of likely N-dealkylation sites (N-methyl/N-ethyl adjacent to an activating group) is 1. The van der Waals surface area contributed by atoms with Crippen LogP contribution in [0.15, 0.2) is 4.99 Å². The van der Waals surface area contributed by atoms with Crippen LogP contribution in [0.3, 0.4) is 0 Å². The van der Waals surface area contributed by atoms with Gasteiger partial charge >= 0.3 is 0 Å². The van der Waals surface area contributed by atoms with Crippen LogP contribution in [0.1, 0.15) is 19.8 Å². The first-order valence-corrected chi connectivity index (χ1v) is 10.2. The van der Waals surface area contributed by atoms with Crippen LogP contribution in [0.4, 0.5) is 0 Å². The Kier molecular flexibility index (Phi) is 13.0. The number of guanidine groups is 1. The van der Waals surface area contributed by atoms with Crippen LogP contribution < -0.4 is 5.32 Å². The van der Waals surface area contributed by atoms with Crippen molar-refractivity contribution in [2.75, 3.05) is 86.3 Å². The molecule has 2 saturated heterocycles. The third-order valence-corrected chi connectivity index (χ3v) is 5.04. The predicted octanol–water partition coefficient (Wildman–Crippen LogP) is 0.719. The number of rotatable bonds is 9. The van der Waals surface area contributed by atoms with Gasteiger partial charge in [0.15, 0.2) is 5.96 Å². The van der Waals surface area contributed by atoms with Crippen molar-refractivity contribution in [1.29, 1.82) is 0 Å². The molecule has 2 aliphatic heterocycles. The molecule has 0 aromatic heterocycles. The van der Waals surface area contributed by atoms with E-state index in [0.717, 1.165) is 84.5 Å². The molecule has 1 atom stereocenters. The molecular weight excluding hydrogens is 473 g/mol. The molecular formula is C19H38IN5O3. The number of likely N-dealkylation sites (tertiary alicyclic amines) is 1. The molecule has 0 aliphatic carbocycles. The maximum Gasteiger partial charge on any atom is 0.243 e. The lowest BCUT2D eigenvalue weighted by Crippen LogP contribution is -2.43. The summed E-state index contributed by atoms with van der Waals surface area (Å²) < 4.78 is 11.0. The van der Waals surface area contributed by atoms with E-state index in [4.69, 9.17) is 9.47 Å². The highest BCUT2D eigenvalue weighted by atomic mass is 127. The number of aliphatic imine (C=N–C) groups is 1. The lowest BCUT2D eigenvalue weighted by molar-refractivity contribution is -0.127. The van der Waals surface area contributed by atoms with Crippen LogP contribution in [-0.4, -0.2) is 113 Å². The van der Waals surface area contributed by atoms with Gasteiger partial charge in [0.1, 0.15) is 6.54 Å². The lowest BCUT2D eigenvalue weighted by atomic mass is 10.1. The normalized spacial score (nSPS) is 20.8. The molecule has 1 amide bonds. The molecule has 0 spiro atoms. The molecule has 1 unspecified atom stereocenters. The average Bonchev–Trinajstić information content (AvgIpc) is 3.15. The van der Waals surface area contributed by atoms with Gasteiger partial charge in [-0.1, -0.05) is 0 Å². The number of nitrogens with zero attached hydrogens (tertiary/aromatic N) is 4. The Morgan fingerprint density at radius 1 is 1.29 bits per heavy atom. The second-order valence-electron chi connectivity index (χ2n) is 7.42. The van der Waals surface area contributed by atoms with Gasteiger partial charge in [0.2, 0.25) is 5.91 Å². The van der Waals surface area contributed by atoms with Crippen molar-refractivity contribution < 1.29 is 14.3 Å². The van der Waals surface area contributed by atoms with Crippen molar-refractivity contribution in [3.63, 3.8) is 0 Å². The van der Waals surface area contributed by atoms with Gasteiger partial charge in [0.25, 0.3) is 0 Å². The quantitative estimate of drug-likeness (QED) is 0.213. The van der Waals surface area contributed by atoms with Crippen LogP contribution in [0, 0.1) is 5.92 Å². The fraction of sp³-hybridized carbons (Fsp3) is 0.895. The maximum absolute atomic E-state index is 11.9. The van der Waals surface area contributed by atoms with Gasteiger partial charge in [0.05, 0.1) is 19.8 Å². The first-order valence-electron chi connectivity index (χ1n) is 10.2. The molecule has 9 heteroatoms. The van der Waals surface area contributed by atoms with Crippen molar-refractivity contribution in [3.05, 3.63) is 0 Å². The van der Waals surface area contributed by atoms with E-state index >= 15 is 0 Å². The van der Waals surface area contributed by atoms with Crippen LogP contribution >= 0.6 is 24.0 Å². The van der Waals surface area contributed by atoms with E-state index in [0.29, 0.717) is 5.92 Å². The SMILES string of the molecule is CCOCC1CCN(C(=NCC(=O)N(C)C)NCCCN2CCOCC2)C1.I. The van der Waals surface area contributed by atoms with E-state index in [2.05, 4.69) is 20.1 Å². The summed E-state index contributed by atoms with van der Waals surface area (Å²) in [6.45, 7) is 11.3. The molecule has 0 aromatic rings. The number of halogens is 1. The molecule has 8 nitrogen and oxygen atoms in total. The van der Waals surface area contributed by atoms with Crippen LogP contribution in [-0.2, 0) is 14.3 Å². The van der Waals surface area contributed by atoms with Gasteiger partial charge in [-0.3, -0.25) is 9.69 Å². The summed E-state index contributed by atoms with van der Waals surface area (Å²) >= 11 is 0. The number of nitrogens with one attached hydrogen (secondary N) is 1. The van der Waals surface area contributed by atoms with E-state index in [1.54, 1.807) is 19.0 Å². The average molecular weight is 511 g/mol. The van der Waals surface area contributed by atoms with Crippen molar-refractivity contribution in [2.24, 2.45) is 10.9 Å². The molecule has 0 aromatic carbocycles. The van der Waals surface area contributed by atoms with E-state index in [-0.39, 0.29) is 36.4 Å². The minimum atomic E-state index is 0. The van der Waals surface area contributed by atoms with Crippen molar-refractivity contribution >= 4 is 35.8 Å². The number of hydrogen-bond acceptors (Lipinski definition) is 5. The standard InChI is InChI=1S/C19H37N5O3.HI/c1-4-26-16-17-6-9-24(15-17)19(21-14-18(25)22(2)3)20-7-5-8-23-10-12-27-13-11-23;/h17H,4-16H2,1-3H3,(H,20,21);1H. The number of amides is 1. The van der Waals surface area contributed by atoms with Gasteiger partial charge < -0.3 is 24.6 Å². The molecule has 0 bridgehead atoms. The minimum absolute atomic E-state index is 0. The Hall–Kier alpha value is -0.650. The third kappa shape index (κ3) is 9.23. The monoisotopic (exact) mass is 511 g/mol. The summed E-state index contributed by atoms with van der Waals surface area (Å²) in [6, 6.07) is 0. The molecule has 2 aliphatic rings. The highest BCUT2D eigenvalue weighted by Crippen LogP contribution is 2.16. The zero-order valence-corrected chi connectivity index (χ0v) is 20.0. The topological polar surface area (TPSA) is 69.6 Å². The summed E-state index contributed by atoms with van der Waals surface area (Å²) in [7, 11) is 3.53. The van der Waals surface area contributed by atoms with Gasteiger partial charge in [-0.2, -0.15) is 0 Å². The molecule has 1 N–H and O–H groups in total. The molecule has 0 saturated carbocycles. The van der Waals surface area contributed by atoms with Gasteiger partial charge in [-0.25, -0.2) is 4.99 Å². The highest BCUT2D eigenvalue weighted by Gasteiger charge is 2.25. The minimum Gasteiger partial charge on any atom is -0.381 e. The van der Waals surface area contributed by atoms with Crippen molar-refractivity contribution in [1.82, 2.24) is 20.0 Å². The van der Waals surface area contributed by atoms with Crippen LogP contribution in [0.2, 0.25) is 0 Å². The second-order valence-corrected chi connectivity index (χ2v) is 7.42. The Bertz CT molecular complexity index is 472. The Labute approximate surface area is 187 Å². The largest absolute Gasteiger partial charge is 0.381 e. The van der Waals surface area contributed by atoms with Gasteiger partial charge in [0, 0.05) is 59.3 Å². The Morgan fingerprint density at radius 3 is 2.71 bits per heavy atom. The second kappa shape index (κ2) is 14.4. The summed E-state index contributed by atoms with van der Waals surface area (Å²) in [4.78, 5) is 22.8. The van der Waals surface area contributed by atoms with E-state index in [9.17, 15) is 4.79 Å². The maximum atomic E-state index is 11.9. The Balaban J connectivity index is 0.00000392. The zero-order valence-electron chi connectivity index (χ0n) is 17.7. The number of hydrogen-bond donors (Lipinski definition) is 1. The fourth-order valence-electron chi connectivity index (χ4n) is 3.32. The fourth-order valence-corrected chi connectivity index (χ4v) is 3.32. The Morgan fingerprint density at radius 2 is 2.04 bits per heavy atom. The van der Waals surface area contributed by atoms with Crippen molar-refractivity contribution in [3.8, 4) is 0 Å². The molecule has 0 radical (unpaired) electrons. The molecule has 2 rings (SSSR count). The number of carbonyl (C=O) groups excluding carboxylic acids is 1. The van der Waals surface area contributed by atoms with E-state index in [1.165, 1.54) is 0 Å². The molecule has 2 heterocycles. The highest BCUT2D eigenvalue weighted by molar-refractivity contribution is 14.0. The van der Waals surface area contributed by atoms with Gasteiger partial charge in [-0.15, -0.1) is 24.0 Å². The number of carbonyl (C=O) groups is 1.